The summed E-state index contributed by atoms with van der Waals surface area (Å²) < 4.78 is 4.59. The first-order valence-corrected chi connectivity index (χ1v) is 5.93. The summed E-state index contributed by atoms with van der Waals surface area (Å²) in [6, 6.07) is 1.46. The largest absolute Gasteiger partial charge is 0.504 e. The van der Waals surface area contributed by atoms with E-state index in [2.05, 4.69) is 4.74 Å². The Morgan fingerprint density at radius 3 is 2.60 bits per heavy atom. The van der Waals surface area contributed by atoms with Gasteiger partial charge in [-0.25, -0.2) is 4.79 Å². The molecule has 0 saturated carbocycles. The molecule has 0 radical (unpaired) electrons. The summed E-state index contributed by atoms with van der Waals surface area (Å²) in [5.74, 6) is -2.41. The number of methoxy groups -OCH3 is 1. The van der Waals surface area contributed by atoms with Crippen LogP contribution in [-0.4, -0.2) is 40.3 Å². The van der Waals surface area contributed by atoms with Crippen LogP contribution in [0.25, 0.3) is 6.08 Å². The second-order valence-corrected chi connectivity index (χ2v) is 4.60. The van der Waals surface area contributed by atoms with E-state index in [9.17, 15) is 24.9 Å². The topological polar surface area (TPSA) is 104 Å². The Hall–Kier alpha value is -2.34. The van der Waals surface area contributed by atoms with Crippen molar-refractivity contribution >= 4 is 17.8 Å². The average Bonchev–Trinajstić information content (AvgIpc) is 2.53. The van der Waals surface area contributed by atoms with Gasteiger partial charge in [0.2, 0.25) is 0 Å². The molecule has 0 saturated heterocycles. The smallest absolute Gasteiger partial charge is 0.333 e. The van der Waals surface area contributed by atoms with Crippen molar-refractivity contribution in [3.63, 3.8) is 0 Å². The number of carbonyl (C=O) groups is 2. The number of aliphatic hydroxyl groups excluding tert-OH is 1. The molecule has 0 spiro atoms. The molecule has 1 unspecified atom stereocenters. The number of aromatic hydroxyl groups is 2. The highest BCUT2D eigenvalue weighted by atomic mass is 16.5. The normalized spacial score (nSPS) is 18.1. The Labute approximate surface area is 114 Å². The minimum absolute atomic E-state index is 0.122. The van der Waals surface area contributed by atoms with Gasteiger partial charge in [0.15, 0.2) is 17.3 Å². The molecule has 3 N–H and O–H groups in total. The summed E-state index contributed by atoms with van der Waals surface area (Å²) in [4.78, 5) is 23.7. The maximum absolute atomic E-state index is 12.1. The molecule has 0 aromatic heterocycles. The number of Topliss-reactive ketones (excluding diaryl/α,β-unsaturated/α-hetero) is 1. The number of hydrogen-bond acceptors (Lipinski definition) is 6. The number of aryl methyl sites for hydroxylation is 1. The summed E-state index contributed by atoms with van der Waals surface area (Å²) in [6.45, 7) is 1.55. The average molecular weight is 278 g/mol. The van der Waals surface area contributed by atoms with Crippen LogP contribution >= 0.6 is 0 Å². The third-order valence-corrected chi connectivity index (χ3v) is 3.23. The molecule has 20 heavy (non-hydrogen) atoms. The number of benzene rings is 1. The van der Waals surface area contributed by atoms with E-state index in [0.717, 1.165) is 0 Å². The first-order chi connectivity index (χ1) is 9.36. The molecule has 6 nitrogen and oxygen atoms in total. The van der Waals surface area contributed by atoms with Crippen LogP contribution in [0.5, 0.6) is 11.5 Å². The van der Waals surface area contributed by atoms with Crippen LogP contribution in [0.4, 0.5) is 0 Å². The Kier molecular flexibility index (Phi) is 3.50. The lowest BCUT2D eigenvalue weighted by Gasteiger charge is -2.12. The Bertz CT molecular complexity index is 629. The highest BCUT2D eigenvalue weighted by molar-refractivity contribution is 6.09. The van der Waals surface area contributed by atoms with Crippen molar-refractivity contribution in [1.29, 1.82) is 0 Å². The first-order valence-electron chi connectivity index (χ1n) is 5.93. The van der Waals surface area contributed by atoms with Gasteiger partial charge in [0, 0.05) is 12.0 Å². The summed E-state index contributed by atoms with van der Waals surface area (Å²) in [5.41, 5.74) is 0.543. The van der Waals surface area contributed by atoms with Gasteiger partial charge in [-0.1, -0.05) is 0 Å². The number of ether oxygens (including phenoxy) is 1. The molecule has 1 aromatic rings. The second-order valence-electron chi connectivity index (χ2n) is 4.60. The van der Waals surface area contributed by atoms with Gasteiger partial charge in [-0.15, -0.1) is 0 Å². The summed E-state index contributed by atoms with van der Waals surface area (Å²) in [7, 11) is 1.20. The standard InChI is InChI=1S/C14H14O6/c1-6-3-7-4-8(14(19)20-2)5-9(15)12(17)10(7)13(18)11(6)16/h3-4,9,15-16,18H,5H2,1-2H3. The van der Waals surface area contributed by atoms with E-state index >= 15 is 0 Å². The molecule has 0 amide bonds. The number of carbonyl (C=O) groups excluding carboxylic acids is 2. The number of esters is 1. The van der Waals surface area contributed by atoms with Crippen LogP contribution in [0, 0.1) is 6.92 Å². The molecule has 1 aliphatic rings. The lowest BCUT2D eigenvalue weighted by Crippen LogP contribution is -2.22. The van der Waals surface area contributed by atoms with Crippen LogP contribution in [0.3, 0.4) is 0 Å². The van der Waals surface area contributed by atoms with Gasteiger partial charge in [0.25, 0.3) is 0 Å². The van der Waals surface area contributed by atoms with Crippen molar-refractivity contribution in [2.75, 3.05) is 7.11 Å². The van der Waals surface area contributed by atoms with Crippen LogP contribution in [-0.2, 0) is 9.53 Å². The highest BCUT2D eigenvalue weighted by Gasteiger charge is 2.31. The summed E-state index contributed by atoms with van der Waals surface area (Å²) in [6.07, 6.45) is -0.310. The molecular weight excluding hydrogens is 264 g/mol. The monoisotopic (exact) mass is 278 g/mol. The van der Waals surface area contributed by atoms with E-state index in [1.54, 1.807) is 6.92 Å². The van der Waals surface area contributed by atoms with Gasteiger partial charge in [-0.3, -0.25) is 4.79 Å². The zero-order valence-electron chi connectivity index (χ0n) is 11.0. The fourth-order valence-electron chi connectivity index (χ4n) is 2.18. The van der Waals surface area contributed by atoms with Crippen LogP contribution in [0.2, 0.25) is 0 Å². The van der Waals surface area contributed by atoms with E-state index in [0.29, 0.717) is 5.56 Å². The SMILES string of the molecule is COC(=O)C1=Cc2cc(C)c(O)c(O)c2C(=O)C(O)C1. The molecule has 1 aromatic carbocycles. The van der Waals surface area contributed by atoms with Crippen LogP contribution < -0.4 is 0 Å². The van der Waals surface area contributed by atoms with Crippen molar-refractivity contribution in [3.8, 4) is 11.5 Å². The van der Waals surface area contributed by atoms with E-state index in [4.69, 9.17) is 0 Å². The van der Waals surface area contributed by atoms with Crippen LogP contribution in [0.15, 0.2) is 11.6 Å². The Morgan fingerprint density at radius 2 is 2.00 bits per heavy atom. The van der Waals surface area contributed by atoms with Crippen molar-refractivity contribution in [2.24, 2.45) is 0 Å². The number of phenols is 2. The number of rotatable bonds is 1. The molecule has 0 aliphatic heterocycles. The second kappa shape index (κ2) is 4.97. The molecule has 6 heteroatoms. The number of fused-ring (bicyclic) bond motifs is 1. The van der Waals surface area contributed by atoms with Crippen molar-refractivity contribution in [3.05, 3.63) is 28.3 Å². The highest BCUT2D eigenvalue weighted by Crippen LogP contribution is 2.38. The predicted octanol–water partition coefficient (Wildman–Crippen LogP) is 0.910. The third kappa shape index (κ3) is 2.14. The summed E-state index contributed by atoms with van der Waals surface area (Å²) >= 11 is 0. The third-order valence-electron chi connectivity index (χ3n) is 3.23. The van der Waals surface area contributed by atoms with Gasteiger partial charge < -0.3 is 20.1 Å². The lowest BCUT2D eigenvalue weighted by molar-refractivity contribution is -0.136. The van der Waals surface area contributed by atoms with Gasteiger partial charge in [-0.05, 0) is 30.2 Å². The van der Waals surface area contributed by atoms with Gasteiger partial charge in [-0.2, -0.15) is 0 Å². The van der Waals surface area contributed by atoms with E-state index in [1.165, 1.54) is 19.3 Å². The minimum atomic E-state index is -1.48. The zero-order chi connectivity index (χ0) is 15.0. The number of aliphatic hydroxyl groups is 1. The summed E-state index contributed by atoms with van der Waals surface area (Å²) in [5, 5.41) is 29.4. The van der Waals surface area contributed by atoms with E-state index in [1.807, 2.05) is 0 Å². The zero-order valence-corrected chi connectivity index (χ0v) is 11.0. The molecule has 106 valence electrons. The maximum Gasteiger partial charge on any atom is 0.333 e. The predicted molar refractivity (Wildman–Crippen MR) is 69.5 cm³/mol. The van der Waals surface area contributed by atoms with Gasteiger partial charge >= 0.3 is 5.97 Å². The molecular formula is C14H14O6. The Balaban J connectivity index is 2.71. The number of ketones is 1. The molecule has 2 rings (SSSR count). The van der Waals surface area contributed by atoms with E-state index < -0.39 is 29.4 Å². The number of phenolic OH excluding ortho intramolecular Hbond substituents is 2. The fraction of sp³-hybridized carbons (Fsp3) is 0.286. The Morgan fingerprint density at radius 1 is 1.35 bits per heavy atom. The van der Waals surface area contributed by atoms with E-state index in [-0.39, 0.29) is 23.1 Å². The molecule has 0 bridgehead atoms. The van der Waals surface area contributed by atoms with Crippen LogP contribution in [0.1, 0.15) is 27.9 Å². The molecule has 1 atom stereocenters. The van der Waals surface area contributed by atoms with Crippen molar-refractivity contribution in [1.82, 2.24) is 0 Å². The van der Waals surface area contributed by atoms with Crippen molar-refractivity contribution in [2.45, 2.75) is 19.4 Å². The molecule has 0 heterocycles. The molecule has 1 aliphatic carbocycles. The van der Waals surface area contributed by atoms with Gasteiger partial charge in [0.05, 0.1) is 12.7 Å². The first kappa shape index (κ1) is 14.1. The van der Waals surface area contributed by atoms with Crippen molar-refractivity contribution < 1.29 is 29.6 Å². The maximum atomic E-state index is 12.1. The lowest BCUT2D eigenvalue weighted by atomic mass is 9.97. The molecule has 0 fully saturated rings. The number of hydrogen-bond donors (Lipinski definition) is 3. The quantitative estimate of drug-likeness (QED) is 0.521. The minimum Gasteiger partial charge on any atom is -0.504 e. The fourth-order valence-corrected chi connectivity index (χ4v) is 2.18. The van der Waals surface area contributed by atoms with Gasteiger partial charge in [0.1, 0.15) is 6.10 Å².